The third kappa shape index (κ3) is 5.66. The van der Waals surface area contributed by atoms with E-state index in [0.29, 0.717) is 6.61 Å². The number of ether oxygens (including phenoxy) is 1. The van der Waals surface area contributed by atoms with Crippen molar-refractivity contribution in [3.63, 3.8) is 0 Å². The number of nitrogens with zero attached hydrogens (tertiary/aromatic N) is 2. The number of rotatable bonds is 6. The fourth-order valence-corrected chi connectivity index (χ4v) is 2.42. The van der Waals surface area contributed by atoms with E-state index < -0.39 is 0 Å². The number of likely N-dealkylation sites (N-methyl/N-ethyl adjacent to an activating group) is 1. The van der Waals surface area contributed by atoms with Crippen LogP contribution in [0.5, 0.6) is 0 Å². The van der Waals surface area contributed by atoms with Gasteiger partial charge in [-0.25, -0.2) is 4.79 Å². The third-order valence-electron chi connectivity index (χ3n) is 3.93. The highest BCUT2D eigenvalue weighted by atomic mass is 16.5. The maximum absolute atomic E-state index is 11.6. The summed E-state index contributed by atoms with van der Waals surface area (Å²) in [7, 11) is 2.16. The minimum Gasteiger partial charge on any atom is -0.449 e. The van der Waals surface area contributed by atoms with Crippen LogP contribution in [0.3, 0.4) is 0 Å². The summed E-state index contributed by atoms with van der Waals surface area (Å²) in [4.78, 5) is 16.4. The molecule has 0 unspecified atom stereocenters. The Morgan fingerprint density at radius 3 is 2.50 bits per heavy atom. The van der Waals surface area contributed by atoms with Gasteiger partial charge in [0, 0.05) is 38.4 Å². The van der Waals surface area contributed by atoms with E-state index in [-0.39, 0.29) is 6.09 Å². The number of nitrogens with one attached hydrogen (secondary N) is 1. The maximum atomic E-state index is 11.6. The molecule has 0 spiro atoms. The summed E-state index contributed by atoms with van der Waals surface area (Å²) in [5.74, 6) is 0. The van der Waals surface area contributed by atoms with Gasteiger partial charge in [0.1, 0.15) is 0 Å². The molecule has 0 bridgehead atoms. The van der Waals surface area contributed by atoms with E-state index in [1.54, 1.807) is 0 Å². The van der Waals surface area contributed by atoms with Crippen molar-refractivity contribution >= 4 is 11.8 Å². The fraction of sp³-hybridized carbons (Fsp3) is 0.588. The summed E-state index contributed by atoms with van der Waals surface area (Å²) in [5, 5.41) is 2.76. The molecule has 0 radical (unpaired) electrons. The van der Waals surface area contributed by atoms with E-state index in [0.717, 1.165) is 51.3 Å². The lowest BCUT2D eigenvalue weighted by Crippen LogP contribution is -2.43. The average Bonchev–Trinajstić information content (AvgIpc) is 2.52. The summed E-state index contributed by atoms with van der Waals surface area (Å²) in [5.41, 5.74) is 2.05. The van der Waals surface area contributed by atoms with E-state index in [1.165, 1.54) is 5.56 Å². The predicted octanol–water partition coefficient (Wildman–Crippen LogP) is 2.78. The molecule has 5 heteroatoms. The summed E-state index contributed by atoms with van der Waals surface area (Å²) >= 11 is 0. The molecule has 0 atom stereocenters. The predicted molar refractivity (Wildman–Crippen MR) is 89.1 cm³/mol. The Morgan fingerprint density at radius 2 is 1.86 bits per heavy atom. The van der Waals surface area contributed by atoms with Crippen molar-refractivity contribution in [3.8, 4) is 0 Å². The lowest BCUT2D eigenvalue weighted by molar-refractivity contribution is 0.148. The summed E-state index contributed by atoms with van der Waals surface area (Å²) < 4.78 is 5.09. The van der Waals surface area contributed by atoms with Crippen LogP contribution in [0.25, 0.3) is 0 Å². The number of unbranched alkanes of at least 4 members (excludes halogenated alkanes) is 1. The lowest BCUT2D eigenvalue weighted by Gasteiger charge is -2.32. The minimum absolute atomic E-state index is 0.375. The fourth-order valence-electron chi connectivity index (χ4n) is 2.42. The van der Waals surface area contributed by atoms with Crippen LogP contribution in [-0.2, 0) is 11.3 Å². The molecular formula is C17H27N3O2. The van der Waals surface area contributed by atoms with Gasteiger partial charge in [-0.2, -0.15) is 0 Å². The zero-order valence-electron chi connectivity index (χ0n) is 13.7. The number of hydrogen-bond donors (Lipinski definition) is 1. The van der Waals surface area contributed by atoms with Crippen LogP contribution in [0.2, 0.25) is 0 Å². The third-order valence-corrected chi connectivity index (χ3v) is 3.93. The van der Waals surface area contributed by atoms with Crippen LogP contribution in [0.15, 0.2) is 24.3 Å². The number of carbonyl (C=O) groups excluding carboxylic acids is 1. The summed E-state index contributed by atoms with van der Waals surface area (Å²) in [6, 6.07) is 8.01. The Morgan fingerprint density at radius 1 is 1.18 bits per heavy atom. The molecule has 1 aliphatic rings. The number of hydrogen-bond acceptors (Lipinski definition) is 4. The first-order valence-corrected chi connectivity index (χ1v) is 8.11. The lowest BCUT2D eigenvalue weighted by atomic mass is 10.2. The van der Waals surface area contributed by atoms with Crippen molar-refractivity contribution in [2.24, 2.45) is 0 Å². The topological polar surface area (TPSA) is 44.8 Å². The second-order valence-electron chi connectivity index (χ2n) is 5.89. The van der Waals surface area contributed by atoms with Gasteiger partial charge in [0.15, 0.2) is 0 Å². The number of amides is 1. The molecule has 1 amide bonds. The van der Waals surface area contributed by atoms with Crippen LogP contribution < -0.4 is 5.32 Å². The highest BCUT2D eigenvalue weighted by Gasteiger charge is 2.13. The Balaban J connectivity index is 1.76. The zero-order valence-corrected chi connectivity index (χ0v) is 13.7. The summed E-state index contributed by atoms with van der Waals surface area (Å²) in [6.45, 7) is 7.99. The van der Waals surface area contributed by atoms with Gasteiger partial charge in [0.2, 0.25) is 0 Å². The van der Waals surface area contributed by atoms with E-state index in [1.807, 2.05) is 12.1 Å². The first-order valence-electron chi connectivity index (χ1n) is 8.11. The molecule has 0 aromatic heterocycles. The molecule has 1 heterocycles. The molecule has 122 valence electrons. The van der Waals surface area contributed by atoms with E-state index in [9.17, 15) is 4.79 Å². The van der Waals surface area contributed by atoms with Crippen molar-refractivity contribution in [3.05, 3.63) is 29.8 Å². The van der Waals surface area contributed by atoms with Gasteiger partial charge in [-0.3, -0.25) is 10.2 Å². The summed E-state index contributed by atoms with van der Waals surface area (Å²) in [6.07, 6.45) is 1.55. The number of carbonyl (C=O) groups is 1. The maximum Gasteiger partial charge on any atom is 0.411 e. The molecule has 0 saturated carbocycles. The van der Waals surface area contributed by atoms with E-state index >= 15 is 0 Å². The van der Waals surface area contributed by atoms with Gasteiger partial charge in [0.05, 0.1) is 6.61 Å². The van der Waals surface area contributed by atoms with Crippen molar-refractivity contribution in [1.29, 1.82) is 0 Å². The van der Waals surface area contributed by atoms with Crippen LogP contribution in [0, 0.1) is 0 Å². The second kappa shape index (κ2) is 8.76. The largest absolute Gasteiger partial charge is 0.449 e. The molecule has 1 aromatic rings. The molecule has 1 aliphatic heterocycles. The van der Waals surface area contributed by atoms with Crippen LogP contribution in [-0.4, -0.2) is 55.7 Å². The van der Waals surface area contributed by atoms with Gasteiger partial charge in [-0.05, 0) is 31.2 Å². The monoisotopic (exact) mass is 305 g/mol. The Bertz CT molecular complexity index is 453. The van der Waals surface area contributed by atoms with Gasteiger partial charge in [-0.1, -0.05) is 25.5 Å². The van der Waals surface area contributed by atoms with Crippen LogP contribution >= 0.6 is 0 Å². The Hall–Kier alpha value is -1.59. The second-order valence-corrected chi connectivity index (χ2v) is 5.89. The molecule has 1 saturated heterocycles. The average molecular weight is 305 g/mol. The Labute approximate surface area is 133 Å². The highest BCUT2D eigenvalue weighted by Crippen LogP contribution is 2.13. The molecule has 1 N–H and O–H groups in total. The van der Waals surface area contributed by atoms with Gasteiger partial charge < -0.3 is 9.64 Å². The first kappa shape index (κ1) is 16.8. The number of piperazine rings is 1. The molecular weight excluding hydrogens is 278 g/mol. The molecule has 5 nitrogen and oxygen atoms in total. The van der Waals surface area contributed by atoms with Crippen LogP contribution in [0.1, 0.15) is 25.3 Å². The molecule has 22 heavy (non-hydrogen) atoms. The van der Waals surface area contributed by atoms with Crippen molar-refractivity contribution < 1.29 is 9.53 Å². The smallest absolute Gasteiger partial charge is 0.411 e. The first-order chi connectivity index (χ1) is 10.7. The standard InChI is InChI=1S/C17H27N3O2/c1-3-4-13-22-17(21)18-16-7-5-15(6-8-16)14-20-11-9-19(2)10-12-20/h5-8H,3-4,9-14H2,1-2H3,(H,18,21). The number of anilines is 1. The zero-order chi connectivity index (χ0) is 15.8. The van der Waals surface area contributed by atoms with E-state index in [2.05, 4.69) is 41.2 Å². The normalized spacial score (nSPS) is 16.5. The van der Waals surface area contributed by atoms with Crippen molar-refractivity contribution in [1.82, 2.24) is 9.80 Å². The highest BCUT2D eigenvalue weighted by molar-refractivity contribution is 5.84. The SMILES string of the molecule is CCCCOC(=O)Nc1ccc(CN2CCN(C)CC2)cc1. The molecule has 0 aliphatic carbocycles. The van der Waals surface area contributed by atoms with Gasteiger partial charge in [0.25, 0.3) is 0 Å². The minimum atomic E-state index is -0.375. The molecule has 2 rings (SSSR count). The van der Waals surface area contributed by atoms with E-state index in [4.69, 9.17) is 4.74 Å². The molecule has 1 fully saturated rings. The van der Waals surface area contributed by atoms with Gasteiger partial charge >= 0.3 is 6.09 Å². The van der Waals surface area contributed by atoms with Crippen LogP contribution in [0.4, 0.5) is 10.5 Å². The van der Waals surface area contributed by atoms with Gasteiger partial charge in [-0.15, -0.1) is 0 Å². The molecule has 1 aromatic carbocycles. The number of benzene rings is 1. The van der Waals surface area contributed by atoms with Crippen molar-refractivity contribution in [2.75, 3.05) is 45.2 Å². The quantitative estimate of drug-likeness (QED) is 0.821. The Kier molecular flexibility index (Phi) is 6.68. The van der Waals surface area contributed by atoms with Crippen molar-refractivity contribution in [2.45, 2.75) is 26.3 Å².